The molecule has 0 fully saturated rings. The van der Waals surface area contributed by atoms with Crippen molar-refractivity contribution in [3.63, 3.8) is 0 Å². The molecule has 6 heteroatoms. The van der Waals surface area contributed by atoms with Gasteiger partial charge in [0.05, 0.1) is 17.0 Å². The molecule has 0 atom stereocenters. The third-order valence-corrected chi connectivity index (χ3v) is 6.86. The molecular formula is C25H23NO4S. The number of esters is 1. The fourth-order valence-electron chi connectivity index (χ4n) is 3.60. The van der Waals surface area contributed by atoms with Crippen LogP contribution >= 0.6 is 0 Å². The molecule has 0 saturated carbocycles. The zero-order chi connectivity index (χ0) is 22.0. The summed E-state index contributed by atoms with van der Waals surface area (Å²) in [5.41, 5.74) is 3.57. The van der Waals surface area contributed by atoms with Crippen molar-refractivity contribution in [3.8, 4) is 0 Å². The molecule has 1 heterocycles. The Morgan fingerprint density at radius 2 is 1.61 bits per heavy atom. The van der Waals surface area contributed by atoms with E-state index in [9.17, 15) is 13.2 Å². The number of carbonyl (C=O) groups excluding carboxylic acids is 1. The molecule has 0 aliphatic heterocycles. The van der Waals surface area contributed by atoms with Gasteiger partial charge in [-0.3, -0.25) is 0 Å². The second-order valence-electron chi connectivity index (χ2n) is 7.39. The van der Waals surface area contributed by atoms with Gasteiger partial charge in [-0.2, -0.15) is 0 Å². The van der Waals surface area contributed by atoms with Crippen LogP contribution < -0.4 is 0 Å². The Morgan fingerprint density at radius 1 is 0.903 bits per heavy atom. The van der Waals surface area contributed by atoms with Gasteiger partial charge in [-0.25, -0.2) is 17.2 Å². The van der Waals surface area contributed by atoms with Crippen molar-refractivity contribution in [2.45, 2.75) is 25.2 Å². The first-order valence-corrected chi connectivity index (χ1v) is 11.5. The molecule has 4 rings (SSSR count). The van der Waals surface area contributed by atoms with E-state index in [1.165, 1.54) is 0 Å². The number of ether oxygens (including phenoxy) is 1. The largest absolute Gasteiger partial charge is 0.461 e. The third-order valence-electron chi connectivity index (χ3n) is 5.12. The van der Waals surface area contributed by atoms with E-state index in [0.29, 0.717) is 17.3 Å². The first-order valence-electron chi connectivity index (χ1n) is 10.1. The van der Waals surface area contributed by atoms with E-state index in [1.54, 1.807) is 43.3 Å². The fraction of sp³-hybridized carbons (Fsp3) is 0.160. The van der Waals surface area contributed by atoms with E-state index in [1.807, 2.05) is 49.4 Å². The normalized spacial score (nSPS) is 11.5. The van der Waals surface area contributed by atoms with Crippen LogP contribution in [0.4, 0.5) is 0 Å². The minimum absolute atomic E-state index is 0.00529. The van der Waals surface area contributed by atoms with Crippen molar-refractivity contribution in [2.75, 3.05) is 6.61 Å². The quantitative estimate of drug-likeness (QED) is 0.404. The maximum atomic E-state index is 13.5. The molecule has 3 aromatic carbocycles. The molecule has 0 N–H and O–H groups in total. The molecule has 0 aliphatic rings. The van der Waals surface area contributed by atoms with Gasteiger partial charge in [0.25, 0.3) is 10.0 Å². The van der Waals surface area contributed by atoms with Crippen molar-refractivity contribution >= 4 is 26.9 Å². The maximum absolute atomic E-state index is 13.5. The van der Waals surface area contributed by atoms with Gasteiger partial charge in [0.2, 0.25) is 0 Å². The van der Waals surface area contributed by atoms with Crippen LogP contribution in [0.3, 0.4) is 0 Å². The van der Waals surface area contributed by atoms with E-state index in [4.69, 9.17) is 4.74 Å². The summed E-state index contributed by atoms with van der Waals surface area (Å²) in [5.74, 6) is -0.668. The zero-order valence-corrected chi connectivity index (χ0v) is 18.2. The average molecular weight is 434 g/mol. The van der Waals surface area contributed by atoms with Crippen molar-refractivity contribution in [1.82, 2.24) is 3.97 Å². The lowest BCUT2D eigenvalue weighted by atomic mass is 10.0. The highest BCUT2D eigenvalue weighted by Crippen LogP contribution is 2.28. The van der Waals surface area contributed by atoms with E-state index in [-0.39, 0.29) is 17.2 Å². The van der Waals surface area contributed by atoms with Gasteiger partial charge in [-0.1, -0.05) is 54.1 Å². The lowest BCUT2D eigenvalue weighted by molar-refractivity contribution is 0.0518. The summed E-state index contributed by atoms with van der Waals surface area (Å²) in [6, 6.07) is 23.8. The van der Waals surface area contributed by atoms with Crippen LogP contribution in [0, 0.1) is 6.92 Å². The minimum Gasteiger partial charge on any atom is -0.461 e. The lowest BCUT2D eigenvalue weighted by Crippen LogP contribution is -2.19. The average Bonchev–Trinajstić information content (AvgIpc) is 3.15. The van der Waals surface area contributed by atoms with E-state index in [0.717, 1.165) is 20.7 Å². The van der Waals surface area contributed by atoms with Crippen molar-refractivity contribution in [3.05, 3.63) is 101 Å². The molecule has 0 aliphatic carbocycles. The Labute approximate surface area is 182 Å². The molecule has 0 bridgehead atoms. The van der Waals surface area contributed by atoms with E-state index >= 15 is 0 Å². The Kier molecular flexibility index (Phi) is 5.65. The number of aryl methyl sites for hydroxylation is 1. The molecule has 31 heavy (non-hydrogen) atoms. The molecule has 0 saturated heterocycles. The predicted molar refractivity (Wildman–Crippen MR) is 121 cm³/mol. The molecule has 0 unspecified atom stereocenters. The Hall–Kier alpha value is -3.38. The minimum atomic E-state index is -3.99. The highest BCUT2D eigenvalue weighted by atomic mass is 32.2. The SMILES string of the molecule is CCOC(=O)c1cc2cc(Cc3ccccc3)ccc2n1S(=O)(=O)c1ccc(C)cc1. The number of hydrogen-bond acceptors (Lipinski definition) is 4. The highest BCUT2D eigenvalue weighted by Gasteiger charge is 2.27. The van der Waals surface area contributed by atoms with Gasteiger partial charge in [0, 0.05) is 5.39 Å². The van der Waals surface area contributed by atoms with Gasteiger partial charge in [0.1, 0.15) is 5.69 Å². The summed E-state index contributed by atoms with van der Waals surface area (Å²) in [6.45, 7) is 3.74. The molecule has 4 aromatic rings. The van der Waals surface area contributed by atoms with Crippen LogP contribution in [0.1, 0.15) is 34.1 Å². The highest BCUT2D eigenvalue weighted by molar-refractivity contribution is 7.90. The molecule has 0 amide bonds. The van der Waals surface area contributed by atoms with Crippen LogP contribution in [0.5, 0.6) is 0 Å². The topological polar surface area (TPSA) is 65.4 Å². The lowest BCUT2D eigenvalue weighted by Gasteiger charge is -2.12. The second kappa shape index (κ2) is 8.40. The third kappa shape index (κ3) is 4.11. The van der Waals surface area contributed by atoms with Crippen LogP contribution in [0.15, 0.2) is 83.8 Å². The summed E-state index contributed by atoms with van der Waals surface area (Å²) in [6.07, 6.45) is 0.710. The molecular weight excluding hydrogens is 410 g/mol. The van der Waals surface area contributed by atoms with E-state index < -0.39 is 16.0 Å². The number of aromatic nitrogens is 1. The Bertz CT molecular complexity index is 1340. The van der Waals surface area contributed by atoms with Crippen LogP contribution in [0.25, 0.3) is 10.9 Å². The summed E-state index contributed by atoms with van der Waals surface area (Å²) in [4.78, 5) is 12.8. The van der Waals surface area contributed by atoms with Gasteiger partial charge in [-0.05, 0) is 61.7 Å². The smallest absolute Gasteiger partial charge is 0.356 e. The van der Waals surface area contributed by atoms with Gasteiger partial charge < -0.3 is 4.74 Å². The summed E-state index contributed by atoms with van der Waals surface area (Å²) in [5, 5.41) is 0.673. The van der Waals surface area contributed by atoms with Crippen molar-refractivity contribution < 1.29 is 17.9 Å². The Balaban J connectivity index is 1.86. The summed E-state index contributed by atoms with van der Waals surface area (Å²) >= 11 is 0. The maximum Gasteiger partial charge on any atom is 0.356 e. The zero-order valence-electron chi connectivity index (χ0n) is 17.4. The Morgan fingerprint density at radius 3 is 2.29 bits per heavy atom. The first-order chi connectivity index (χ1) is 14.9. The first kappa shape index (κ1) is 20.9. The molecule has 0 radical (unpaired) electrons. The van der Waals surface area contributed by atoms with Crippen LogP contribution in [0.2, 0.25) is 0 Å². The number of fused-ring (bicyclic) bond motifs is 1. The number of rotatable bonds is 6. The monoisotopic (exact) mass is 433 g/mol. The van der Waals surface area contributed by atoms with Gasteiger partial charge >= 0.3 is 5.97 Å². The molecule has 1 aromatic heterocycles. The number of hydrogen-bond donors (Lipinski definition) is 0. The fourth-order valence-corrected chi connectivity index (χ4v) is 5.11. The molecule has 5 nitrogen and oxygen atoms in total. The summed E-state index contributed by atoms with van der Waals surface area (Å²) < 4.78 is 33.2. The molecule has 158 valence electrons. The standard InChI is InChI=1S/C25H23NO4S/c1-3-30-25(27)24-17-21-16-20(15-19-7-5-4-6-8-19)11-14-23(21)26(24)31(28,29)22-12-9-18(2)10-13-22/h4-14,16-17H,3,15H2,1-2H3. The number of nitrogens with zero attached hydrogens (tertiary/aromatic N) is 1. The number of benzene rings is 3. The van der Waals surface area contributed by atoms with Crippen molar-refractivity contribution in [2.24, 2.45) is 0 Å². The van der Waals surface area contributed by atoms with E-state index in [2.05, 4.69) is 0 Å². The second-order valence-corrected chi connectivity index (χ2v) is 9.17. The molecule has 0 spiro atoms. The number of carbonyl (C=O) groups is 1. The summed E-state index contributed by atoms with van der Waals surface area (Å²) in [7, 11) is -3.99. The van der Waals surface area contributed by atoms with Crippen LogP contribution in [-0.2, 0) is 21.2 Å². The van der Waals surface area contributed by atoms with Crippen LogP contribution in [-0.4, -0.2) is 25.0 Å². The van der Waals surface area contributed by atoms with Gasteiger partial charge in [-0.15, -0.1) is 0 Å². The van der Waals surface area contributed by atoms with Gasteiger partial charge in [0.15, 0.2) is 0 Å². The predicted octanol–water partition coefficient (Wildman–Crippen LogP) is 4.95. The van der Waals surface area contributed by atoms with Crippen molar-refractivity contribution in [1.29, 1.82) is 0 Å².